The molecule has 1 aromatic rings. The van der Waals surface area contributed by atoms with Crippen molar-refractivity contribution in [3.8, 4) is 0 Å². The van der Waals surface area contributed by atoms with Crippen LogP contribution in [0.25, 0.3) is 0 Å². The Kier molecular flexibility index (Phi) is 6.63. The van der Waals surface area contributed by atoms with Crippen molar-refractivity contribution >= 4 is 16.0 Å². The van der Waals surface area contributed by atoms with Gasteiger partial charge in [-0.2, -0.15) is 4.31 Å². The topological polar surface area (TPSA) is 63.7 Å². The maximum absolute atomic E-state index is 13.2. The van der Waals surface area contributed by atoms with E-state index in [1.807, 2.05) is 13.8 Å². The fraction of sp³-hybridized carbons (Fsp3) is 0.632. The lowest BCUT2D eigenvalue weighted by Gasteiger charge is -2.27. The van der Waals surface area contributed by atoms with E-state index in [-0.39, 0.29) is 22.8 Å². The summed E-state index contributed by atoms with van der Waals surface area (Å²) >= 11 is 0. The summed E-state index contributed by atoms with van der Waals surface area (Å²) in [7, 11) is -2.25. The highest BCUT2D eigenvalue weighted by atomic mass is 32.2. The first-order valence-electron chi connectivity index (χ1n) is 8.99. The van der Waals surface area contributed by atoms with Crippen molar-refractivity contribution in [2.45, 2.75) is 57.4 Å². The van der Waals surface area contributed by atoms with Crippen LogP contribution in [0.4, 0.5) is 0 Å². The summed E-state index contributed by atoms with van der Waals surface area (Å²) in [5, 5.41) is 0. The third-order valence-electron chi connectivity index (χ3n) is 5.07. The number of sulfonamides is 1. The molecule has 5 nitrogen and oxygen atoms in total. The van der Waals surface area contributed by atoms with Crippen LogP contribution in [0, 0.1) is 18.8 Å². The van der Waals surface area contributed by atoms with Crippen molar-refractivity contribution in [2.75, 3.05) is 13.7 Å². The molecule has 25 heavy (non-hydrogen) atoms. The van der Waals surface area contributed by atoms with Crippen LogP contribution >= 0.6 is 0 Å². The van der Waals surface area contributed by atoms with Crippen LogP contribution < -0.4 is 0 Å². The molecular weight excluding hydrogens is 338 g/mol. The van der Waals surface area contributed by atoms with E-state index in [0.717, 1.165) is 24.8 Å². The molecule has 0 radical (unpaired) electrons. The average molecular weight is 368 g/mol. The molecule has 0 unspecified atom stereocenters. The third-order valence-corrected chi connectivity index (χ3v) is 6.97. The molecule has 1 aliphatic rings. The second-order valence-corrected chi connectivity index (χ2v) is 8.87. The first-order valence-corrected chi connectivity index (χ1v) is 10.4. The normalized spacial score (nSPS) is 24.4. The number of nitrogens with zero attached hydrogens (tertiary/aromatic N) is 1. The van der Waals surface area contributed by atoms with Gasteiger partial charge in [0.15, 0.2) is 0 Å². The molecule has 0 spiro atoms. The Morgan fingerprint density at radius 3 is 2.44 bits per heavy atom. The van der Waals surface area contributed by atoms with E-state index in [1.54, 1.807) is 24.3 Å². The summed E-state index contributed by atoms with van der Waals surface area (Å²) in [5.41, 5.74) is 1.01. The maximum Gasteiger partial charge on any atom is 0.310 e. The highest BCUT2D eigenvalue weighted by Gasteiger charge is 2.48. The fourth-order valence-electron chi connectivity index (χ4n) is 3.67. The zero-order chi connectivity index (χ0) is 18.6. The van der Waals surface area contributed by atoms with E-state index < -0.39 is 15.9 Å². The minimum atomic E-state index is -3.62. The molecule has 140 valence electrons. The van der Waals surface area contributed by atoms with Crippen LogP contribution in [0.1, 0.15) is 45.1 Å². The average Bonchev–Trinajstić information content (AvgIpc) is 2.92. The molecule has 0 amide bonds. The van der Waals surface area contributed by atoms with Crippen LogP contribution in [-0.4, -0.2) is 38.4 Å². The zero-order valence-corrected chi connectivity index (χ0v) is 16.4. The molecule has 3 atom stereocenters. The van der Waals surface area contributed by atoms with E-state index in [2.05, 4.69) is 6.92 Å². The second kappa shape index (κ2) is 8.32. The van der Waals surface area contributed by atoms with E-state index in [9.17, 15) is 13.2 Å². The number of hydrogen-bond acceptors (Lipinski definition) is 4. The summed E-state index contributed by atoms with van der Waals surface area (Å²) in [6.45, 7) is 6.32. The van der Waals surface area contributed by atoms with E-state index in [1.165, 1.54) is 11.4 Å². The van der Waals surface area contributed by atoms with Crippen molar-refractivity contribution in [2.24, 2.45) is 11.8 Å². The van der Waals surface area contributed by atoms with Crippen molar-refractivity contribution in [3.63, 3.8) is 0 Å². The number of methoxy groups -OCH3 is 1. The van der Waals surface area contributed by atoms with Gasteiger partial charge in [-0.05, 0) is 31.4 Å². The molecule has 1 aliphatic heterocycles. The Morgan fingerprint density at radius 2 is 1.88 bits per heavy atom. The first kappa shape index (κ1) is 19.9. The molecule has 1 fully saturated rings. The van der Waals surface area contributed by atoms with Crippen LogP contribution in [-0.2, 0) is 19.6 Å². The number of esters is 1. The molecule has 0 N–H and O–H groups in total. The zero-order valence-electron chi connectivity index (χ0n) is 15.6. The van der Waals surface area contributed by atoms with Gasteiger partial charge in [0.2, 0.25) is 10.0 Å². The Balaban J connectivity index is 2.35. The number of hydrogen-bond donors (Lipinski definition) is 0. The minimum absolute atomic E-state index is 0.0562. The van der Waals surface area contributed by atoms with Gasteiger partial charge in [-0.15, -0.1) is 0 Å². The summed E-state index contributed by atoms with van der Waals surface area (Å²) in [4.78, 5) is 12.6. The van der Waals surface area contributed by atoms with Crippen molar-refractivity contribution in [1.29, 1.82) is 0 Å². The van der Waals surface area contributed by atoms with Crippen LogP contribution in [0.3, 0.4) is 0 Å². The van der Waals surface area contributed by atoms with Gasteiger partial charge in [0.1, 0.15) is 0 Å². The number of carbonyl (C=O) groups is 1. The quantitative estimate of drug-likeness (QED) is 0.547. The predicted molar refractivity (Wildman–Crippen MR) is 97.7 cm³/mol. The smallest absolute Gasteiger partial charge is 0.310 e. The number of carbonyl (C=O) groups excluding carboxylic acids is 1. The third kappa shape index (κ3) is 4.23. The molecule has 1 aromatic carbocycles. The van der Waals surface area contributed by atoms with Gasteiger partial charge in [-0.3, -0.25) is 4.79 Å². The summed E-state index contributed by atoms with van der Waals surface area (Å²) in [6.07, 6.45) is 3.66. The number of benzene rings is 1. The maximum atomic E-state index is 13.2. The Morgan fingerprint density at radius 1 is 1.24 bits per heavy atom. The van der Waals surface area contributed by atoms with E-state index >= 15 is 0 Å². The number of aryl methyl sites for hydroxylation is 1. The first-order chi connectivity index (χ1) is 11.8. The standard InChI is InChI=1S/C19H29NO4S/c1-5-6-7-8-17-18(19(21)24-4)15(3)13-20(17)25(22,23)16-11-9-14(2)10-12-16/h9-12,15,17-18H,5-8,13H2,1-4H3/t15-,17-,18+/m0/s1. The van der Waals surface area contributed by atoms with Gasteiger partial charge in [-0.1, -0.05) is 50.8 Å². The summed E-state index contributed by atoms with van der Waals surface area (Å²) < 4.78 is 32.8. The monoisotopic (exact) mass is 367 g/mol. The largest absolute Gasteiger partial charge is 0.469 e. The Labute approximate surface area is 151 Å². The highest BCUT2D eigenvalue weighted by molar-refractivity contribution is 7.89. The molecule has 6 heteroatoms. The van der Waals surface area contributed by atoms with Crippen LogP contribution in [0.2, 0.25) is 0 Å². The molecule has 0 saturated carbocycles. The van der Waals surface area contributed by atoms with Crippen LogP contribution in [0.15, 0.2) is 29.2 Å². The minimum Gasteiger partial charge on any atom is -0.469 e. The van der Waals surface area contributed by atoms with Gasteiger partial charge in [0, 0.05) is 12.6 Å². The highest BCUT2D eigenvalue weighted by Crippen LogP contribution is 2.37. The van der Waals surface area contributed by atoms with E-state index in [4.69, 9.17) is 4.74 Å². The lowest BCUT2D eigenvalue weighted by Crippen LogP contribution is -2.40. The molecule has 2 rings (SSSR count). The van der Waals surface area contributed by atoms with Gasteiger partial charge in [-0.25, -0.2) is 8.42 Å². The Bertz CT molecular complexity index is 684. The van der Waals surface area contributed by atoms with Crippen LogP contribution in [0.5, 0.6) is 0 Å². The van der Waals surface area contributed by atoms with Crippen molar-refractivity contribution in [1.82, 2.24) is 4.31 Å². The van der Waals surface area contributed by atoms with Gasteiger partial charge < -0.3 is 4.74 Å². The van der Waals surface area contributed by atoms with Crippen molar-refractivity contribution in [3.05, 3.63) is 29.8 Å². The lowest BCUT2D eigenvalue weighted by molar-refractivity contribution is -0.147. The number of rotatable bonds is 7. The van der Waals surface area contributed by atoms with E-state index in [0.29, 0.717) is 13.0 Å². The van der Waals surface area contributed by atoms with Crippen molar-refractivity contribution < 1.29 is 17.9 Å². The Hall–Kier alpha value is -1.40. The molecule has 0 aromatic heterocycles. The fourth-order valence-corrected chi connectivity index (χ4v) is 5.44. The summed E-state index contributed by atoms with van der Waals surface area (Å²) in [6, 6.07) is 6.56. The second-order valence-electron chi connectivity index (χ2n) is 6.98. The van der Waals surface area contributed by atoms with Gasteiger partial charge in [0.25, 0.3) is 0 Å². The van der Waals surface area contributed by atoms with Gasteiger partial charge in [0.05, 0.1) is 17.9 Å². The molecule has 0 bridgehead atoms. The van der Waals surface area contributed by atoms with Gasteiger partial charge >= 0.3 is 5.97 Å². The summed E-state index contributed by atoms with van der Waals surface area (Å²) in [5.74, 6) is -0.767. The predicted octanol–water partition coefficient (Wildman–Crippen LogP) is 3.37. The number of ether oxygens (including phenoxy) is 1. The molecule has 0 aliphatic carbocycles. The SMILES string of the molecule is CCCCC[C@H]1[C@H](C(=O)OC)[C@@H](C)CN1S(=O)(=O)c1ccc(C)cc1. The molecular formula is C19H29NO4S. The number of unbranched alkanes of at least 4 members (excludes halogenated alkanes) is 2. The molecule has 1 saturated heterocycles. The molecule has 1 heterocycles. The lowest BCUT2D eigenvalue weighted by atomic mass is 9.89.